The van der Waals surface area contributed by atoms with Crippen molar-refractivity contribution in [2.45, 2.75) is 33.2 Å². The maximum Gasteiger partial charge on any atom is 0.224 e. The van der Waals surface area contributed by atoms with Crippen molar-refractivity contribution >= 4 is 11.6 Å². The largest absolute Gasteiger partial charge is 0.326 e. The molecule has 1 rings (SSSR count). The molecule has 0 aliphatic heterocycles. The van der Waals surface area contributed by atoms with Crippen LogP contribution in [-0.4, -0.2) is 13.0 Å². The van der Waals surface area contributed by atoms with E-state index in [-0.39, 0.29) is 5.91 Å². The smallest absolute Gasteiger partial charge is 0.224 e. The van der Waals surface area contributed by atoms with Gasteiger partial charge in [0.2, 0.25) is 5.91 Å². The highest BCUT2D eigenvalue weighted by molar-refractivity contribution is 5.90. The van der Waals surface area contributed by atoms with Gasteiger partial charge in [0.25, 0.3) is 0 Å². The number of carbonyl (C=O) groups is 1. The molecule has 3 nitrogen and oxygen atoms in total. The van der Waals surface area contributed by atoms with Gasteiger partial charge in [0, 0.05) is 18.7 Å². The summed E-state index contributed by atoms with van der Waals surface area (Å²) in [5.41, 5.74) is 2.06. The van der Waals surface area contributed by atoms with Gasteiger partial charge in [0.15, 0.2) is 0 Å². The lowest BCUT2D eigenvalue weighted by atomic mass is 10.1. The van der Waals surface area contributed by atoms with Crippen molar-refractivity contribution in [2.75, 3.05) is 12.4 Å². The van der Waals surface area contributed by atoms with Crippen LogP contribution in [0.2, 0.25) is 0 Å². The third-order valence-corrected chi connectivity index (χ3v) is 2.54. The summed E-state index contributed by atoms with van der Waals surface area (Å²) in [5.74, 6) is 0.664. The van der Waals surface area contributed by atoms with Gasteiger partial charge in [0.05, 0.1) is 0 Å². The molecule has 2 N–H and O–H groups in total. The lowest BCUT2D eigenvalue weighted by Crippen LogP contribution is -2.12. The normalized spacial score (nSPS) is 10.6. The number of amides is 1. The maximum absolute atomic E-state index is 11.7. The van der Waals surface area contributed by atoms with E-state index in [0.717, 1.165) is 18.7 Å². The number of carbonyl (C=O) groups excluding carboxylic acids is 1. The fraction of sp³-hybridized carbons (Fsp3) is 0.500. The number of anilines is 1. The average molecular weight is 234 g/mol. The third kappa shape index (κ3) is 5.50. The van der Waals surface area contributed by atoms with E-state index in [1.165, 1.54) is 5.56 Å². The van der Waals surface area contributed by atoms with Gasteiger partial charge < -0.3 is 10.6 Å². The predicted octanol–water partition coefficient (Wildman–Crippen LogP) is 2.78. The van der Waals surface area contributed by atoms with E-state index in [0.29, 0.717) is 12.3 Å². The second-order valence-corrected chi connectivity index (χ2v) is 4.71. The summed E-state index contributed by atoms with van der Waals surface area (Å²) in [6, 6.07) is 7.93. The molecule has 17 heavy (non-hydrogen) atoms. The van der Waals surface area contributed by atoms with E-state index >= 15 is 0 Å². The van der Waals surface area contributed by atoms with E-state index in [4.69, 9.17) is 0 Å². The molecule has 1 aromatic rings. The van der Waals surface area contributed by atoms with Crippen molar-refractivity contribution in [2.24, 2.45) is 5.92 Å². The van der Waals surface area contributed by atoms with Crippen molar-refractivity contribution in [3.05, 3.63) is 29.8 Å². The van der Waals surface area contributed by atoms with Crippen LogP contribution in [0.4, 0.5) is 5.69 Å². The summed E-state index contributed by atoms with van der Waals surface area (Å²) >= 11 is 0. The van der Waals surface area contributed by atoms with Crippen LogP contribution in [0, 0.1) is 5.92 Å². The Kier molecular flexibility index (Phi) is 5.70. The van der Waals surface area contributed by atoms with Crippen LogP contribution in [0.25, 0.3) is 0 Å². The first-order valence-corrected chi connectivity index (χ1v) is 6.15. The molecule has 0 bridgehead atoms. The summed E-state index contributed by atoms with van der Waals surface area (Å²) < 4.78 is 0. The molecule has 0 radical (unpaired) electrons. The summed E-state index contributed by atoms with van der Waals surface area (Å²) in [6.07, 6.45) is 1.52. The van der Waals surface area contributed by atoms with Gasteiger partial charge in [0.1, 0.15) is 0 Å². The first-order chi connectivity index (χ1) is 8.11. The summed E-state index contributed by atoms with van der Waals surface area (Å²) in [6.45, 7) is 5.07. The second kappa shape index (κ2) is 7.07. The van der Waals surface area contributed by atoms with E-state index < -0.39 is 0 Å². The molecule has 3 heteroatoms. The Balaban J connectivity index is 2.50. The van der Waals surface area contributed by atoms with E-state index in [2.05, 4.69) is 24.5 Å². The Morgan fingerprint density at radius 3 is 2.76 bits per heavy atom. The van der Waals surface area contributed by atoms with Crippen LogP contribution in [0.5, 0.6) is 0 Å². The molecule has 0 aliphatic carbocycles. The molecule has 1 aromatic carbocycles. The molecule has 0 aromatic heterocycles. The molecular formula is C14H22N2O. The zero-order valence-electron chi connectivity index (χ0n) is 10.9. The highest BCUT2D eigenvalue weighted by Crippen LogP contribution is 2.12. The highest BCUT2D eigenvalue weighted by Gasteiger charge is 2.04. The van der Waals surface area contributed by atoms with Gasteiger partial charge in [-0.25, -0.2) is 0 Å². The van der Waals surface area contributed by atoms with Gasteiger partial charge in [-0.2, -0.15) is 0 Å². The average Bonchev–Trinajstić information content (AvgIpc) is 2.27. The van der Waals surface area contributed by atoms with E-state index in [1.807, 2.05) is 31.3 Å². The molecule has 0 aliphatic rings. The standard InChI is InChI=1S/C14H22N2O/c1-11(2)7-8-14(17)16-13-6-4-5-12(9-13)10-15-3/h4-6,9,11,15H,7-8,10H2,1-3H3,(H,16,17). The predicted molar refractivity (Wildman–Crippen MR) is 71.9 cm³/mol. The van der Waals surface area contributed by atoms with Gasteiger partial charge >= 0.3 is 0 Å². The van der Waals surface area contributed by atoms with E-state index in [9.17, 15) is 4.79 Å². The Morgan fingerprint density at radius 1 is 1.35 bits per heavy atom. The van der Waals surface area contributed by atoms with Crippen LogP contribution >= 0.6 is 0 Å². The first-order valence-electron chi connectivity index (χ1n) is 6.15. The lowest BCUT2D eigenvalue weighted by molar-refractivity contribution is -0.116. The zero-order chi connectivity index (χ0) is 12.7. The van der Waals surface area contributed by atoms with Gasteiger partial charge in [-0.15, -0.1) is 0 Å². The molecular weight excluding hydrogens is 212 g/mol. The topological polar surface area (TPSA) is 41.1 Å². The monoisotopic (exact) mass is 234 g/mol. The third-order valence-electron chi connectivity index (χ3n) is 2.54. The Bertz CT molecular complexity index is 361. The fourth-order valence-electron chi connectivity index (χ4n) is 1.61. The lowest BCUT2D eigenvalue weighted by Gasteiger charge is -2.08. The van der Waals surface area contributed by atoms with Crippen molar-refractivity contribution in [3.63, 3.8) is 0 Å². The minimum absolute atomic E-state index is 0.0975. The van der Waals surface area contributed by atoms with Crippen LogP contribution in [0.15, 0.2) is 24.3 Å². The van der Waals surface area contributed by atoms with Gasteiger partial charge in [-0.3, -0.25) is 4.79 Å². The van der Waals surface area contributed by atoms with Crippen molar-refractivity contribution in [1.82, 2.24) is 5.32 Å². The molecule has 1 amide bonds. The maximum atomic E-state index is 11.7. The number of nitrogens with one attached hydrogen (secondary N) is 2. The number of rotatable bonds is 6. The molecule has 0 spiro atoms. The Morgan fingerprint density at radius 2 is 2.12 bits per heavy atom. The van der Waals surface area contributed by atoms with E-state index in [1.54, 1.807) is 0 Å². The van der Waals surface area contributed by atoms with Gasteiger partial charge in [-0.05, 0) is 37.1 Å². The number of hydrogen-bond donors (Lipinski definition) is 2. The Hall–Kier alpha value is -1.35. The molecule has 0 heterocycles. The molecule has 0 saturated carbocycles. The zero-order valence-corrected chi connectivity index (χ0v) is 10.9. The summed E-state index contributed by atoms with van der Waals surface area (Å²) in [4.78, 5) is 11.7. The molecule has 0 unspecified atom stereocenters. The molecule has 0 fully saturated rings. The molecule has 94 valence electrons. The van der Waals surface area contributed by atoms with Crippen LogP contribution in [-0.2, 0) is 11.3 Å². The van der Waals surface area contributed by atoms with Crippen molar-refractivity contribution < 1.29 is 4.79 Å². The quantitative estimate of drug-likeness (QED) is 0.794. The SMILES string of the molecule is CNCc1cccc(NC(=O)CCC(C)C)c1. The van der Waals surface area contributed by atoms with Gasteiger partial charge in [-0.1, -0.05) is 26.0 Å². The summed E-state index contributed by atoms with van der Waals surface area (Å²) in [5, 5.41) is 6.02. The number of benzene rings is 1. The van der Waals surface area contributed by atoms with Crippen molar-refractivity contribution in [1.29, 1.82) is 0 Å². The minimum Gasteiger partial charge on any atom is -0.326 e. The highest BCUT2D eigenvalue weighted by atomic mass is 16.1. The summed E-state index contributed by atoms with van der Waals surface area (Å²) in [7, 11) is 1.91. The van der Waals surface area contributed by atoms with Crippen LogP contribution in [0.3, 0.4) is 0 Å². The Labute approximate surface area is 104 Å². The number of hydrogen-bond acceptors (Lipinski definition) is 2. The second-order valence-electron chi connectivity index (χ2n) is 4.71. The van der Waals surface area contributed by atoms with Crippen LogP contribution in [0.1, 0.15) is 32.3 Å². The minimum atomic E-state index is 0.0975. The fourth-order valence-corrected chi connectivity index (χ4v) is 1.61. The first kappa shape index (κ1) is 13.7. The molecule has 0 saturated heterocycles. The van der Waals surface area contributed by atoms with Crippen LogP contribution < -0.4 is 10.6 Å². The van der Waals surface area contributed by atoms with Crippen molar-refractivity contribution in [3.8, 4) is 0 Å². The molecule has 0 atom stereocenters.